The summed E-state index contributed by atoms with van der Waals surface area (Å²) in [6, 6.07) is 1.86. The van der Waals surface area contributed by atoms with Gasteiger partial charge in [-0.05, 0) is 59.2 Å². The lowest BCUT2D eigenvalue weighted by molar-refractivity contribution is -0.169. The molecule has 0 N–H and O–H groups in total. The molecule has 1 saturated heterocycles. The van der Waals surface area contributed by atoms with Gasteiger partial charge in [-0.15, -0.1) is 0 Å². The molecule has 8 heteroatoms. The van der Waals surface area contributed by atoms with Gasteiger partial charge in [0.25, 0.3) is 0 Å². The summed E-state index contributed by atoms with van der Waals surface area (Å²) in [5.41, 5.74) is 2.21. The molecular formula is C21H33BrO7. The first-order valence-corrected chi connectivity index (χ1v) is 10.9. The van der Waals surface area contributed by atoms with Crippen molar-refractivity contribution < 1.29 is 33.2 Å². The van der Waals surface area contributed by atoms with Crippen LogP contribution in [0.25, 0.3) is 0 Å². The maximum Gasteiger partial charge on any atom is 0.188 e. The van der Waals surface area contributed by atoms with E-state index in [1.54, 1.807) is 14.2 Å². The Balaban J connectivity index is 1.93. The van der Waals surface area contributed by atoms with Crippen molar-refractivity contribution >= 4 is 15.9 Å². The van der Waals surface area contributed by atoms with Crippen LogP contribution < -0.4 is 9.47 Å². The monoisotopic (exact) mass is 476 g/mol. The lowest BCUT2D eigenvalue weighted by Crippen LogP contribution is -2.24. The number of hydrogen-bond donors (Lipinski definition) is 0. The second-order valence-electron chi connectivity index (χ2n) is 6.63. The molecule has 1 unspecified atom stereocenters. The molecule has 0 amide bonds. The van der Waals surface area contributed by atoms with E-state index >= 15 is 0 Å². The molecule has 166 valence electrons. The zero-order valence-electron chi connectivity index (χ0n) is 17.7. The fourth-order valence-corrected chi connectivity index (χ4v) is 3.85. The fraction of sp³-hybridized carbons (Fsp3) is 0.714. The average Bonchev–Trinajstić information content (AvgIpc) is 2.75. The zero-order chi connectivity index (χ0) is 20.9. The van der Waals surface area contributed by atoms with Crippen LogP contribution in [0.1, 0.15) is 37.3 Å². The summed E-state index contributed by atoms with van der Waals surface area (Å²) in [5.74, 6) is 1.42. The SMILES string of the molecule is CCc1c(OCOC)cc(OCOC)c(Br)c1CCOCCOC1CCCCO1. The summed E-state index contributed by atoms with van der Waals surface area (Å²) in [5, 5.41) is 0. The average molecular weight is 477 g/mol. The van der Waals surface area contributed by atoms with E-state index < -0.39 is 0 Å². The Bertz CT molecular complexity index is 591. The Labute approximate surface area is 182 Å². The van der Waals surface area contributed by atoms with Crippen LogP contribution in [0.2, 0.25) is 0 Å². The van der Waals surface area contributed by atoms with Crippen molar-refractivity contribution in [3.8, 4) is 11.5 Å². The number of rotatable bonds is 14. The molecule has 1 aromatic rings. The third-order valence-corrected chi connectivity index (χ3v) is 5.46. The highest BCUT2D eigenvalue weighted by atomic mass is 79.9. The highest BCUT2D eigenvalue weighted by Gasteiger charge is 2.18. The predicted octanol–water partition coefficient (Wildman–Crippen LogP) is 4.08. The first-order chi connectivity index (χ1) is 14.2. The lowest BCUT2D eigenvalue weighted by atomic mass is 10.0. The van der Waals surface area contributed by atoms with Gasteiger partial charge in [-0.1, -0.05) is 6.92 Å². The quantitative estimate of drug-likeness (QED) is 0.296. The van der Waals surface area contributed by atoms with Gasteiger partial charge in [0.05, 0.1) is 24.3 Å². The molecule has 1 aromatic carbocycles. The number of methoxy groups -OCH3 is 2. The molecule has 0 radical (unpaired) electrons. The molecule has 29 heavy (non-hydrogen) atoms. The van der Waals surface area contributed by atoms with E-state index in [1.807, 2.05) is 6.07 Å². The van der Waals surface area contributed by atoms with Crippen molar-refractivity contribution in [1.29, 1.82) is 0 Å². The molecule has 1 fully saturated rings. The Morgan fingerprint density at radius 2 is 1.76 bits per heavy atom. The summed E-state index contributed by atoms with van der Waals surface area (Å²) < 4.78 is 39.5. The zero-order valence-corrected chi connectivity index (χ0v) is 19.3. The molecule has 7 nitrogen and oxygen atoms in total. The Morgan fingerprint density at radius 1 is 1.00 bits per heavy atom. The van der Waals surface area contributed by atoms with Gasteiger partial charge in [0.1, 0.15) is 11.5 Å². The van der Waals surface area contributed by atoms with Crippen molar-refractivity contribution in [3.63, 3.8) is 0 Å². The largest absolute Gasteiger partial charge is 0.467 e. The summed E-state index contributed by atoms with van der Waals surface area (Å²) in [6.07, 6.45) is 4.70. The highest BCUT2D eigenvalue weighted by Crippen LogP contribution is 2.38. The first kappa shape index (κ1) is 24.4. The number of hydrogen-bond acceptors (Lipinski definition) is 7. The fourth-order valence-electron chi connectivity index (χ4n) is 3.18. The molecule has 1 heterocycles. The summed E-state index contributed by atoms with van der Waals surface area (Å²) in [7, 11) is 3.19. The predicted molar refractivity (Wildman–Crippen MR) is 113 cm³/mol. The van der Waals surface area contributed by atoms with Gasteiger partial charge in [0, 0.05) is 26.9 Å². The summed E-state index contributed by atoms with van der Waals surface area (Å²) >= 11 is 3.68. The van der Waals surface area contributed by atoms with Crippen molar-refractivity contribution in [2.24, 2.45) is 0 Å². The molecule has 0 aliphatic carbocycles. The van der Waals surface area contributed by atoms with E-state index in [0.29, 0.717) is 25.6 Å². The Kier molecular flexibility index (Phi) is 11.9. The van der Waals surface area contributed by atoms with Crippen LogP contribution in [0, 0.1) is 0 Å². The smallest absolute Gasteiger partial charge is 0.188 e. The van der Waals surface area contributed by atoms with Crippen LogP contribution in [-0.4, -0.2) is 60.5 Å². The first-order valence-electron chi connectivity index (χ1n) is 10.1. The summed E-state index contributed by atoms with van der Waals surface area (Å²) in [4.78, 5) is 0. The van der Waals surface area contributed by atoms with E-state index in [-0.39, 0.29) is 19.9 Å². The van der Waals surface area contributed by atoms with Crippen LogP contribution >= 0.6 is 15.9 Å². The van der Waals surface area contributed by atoms with E-state index in [0.717, 1.165) is 60.1 Å². The minimum absolute atomic E-state index is 0.0803. The molecule has 0 spiro atoms. The van der Waals surface area contributed by atoms with Gasteiger partial charge in [-0.25, -0.2) is 0 Å². The number of benzene rings is 1. The minimum Gasteiger partial charge on any atom is -0.467 e. The van der Waals surface area contributed by atoms with Gasteiger partial charge in [0.15, 0.2) is 19.9 Å². The molecule has 1 aliphatic rings. The third kappa shape index (κ3) is 8.03. The minimum atomic E-state index is -0.0803. The van der Waals surface area contributed by atoms with Gasteiger partial charge < -0.3 is 33.2 Å². The summed E-state index contributed by atoms with van der Waals surface area (Å²) in [6.45, 7) is 4.85. The van der Waals surface area contributed by atoms with Crippen molar-refractivity contribution in [2.75, 3.05) is 54.2 Å². The van der Waals surface area contributed by atoms with Crippen molar-refractivity contribution in [2.45, 2.75) is 45.3 Å². The van der Waals surface area contributed by atoms with E-state index in [4.69, 9.17) is 33.2 Å². The van der Waals surface area contributed by atoms with Crippen LogP contribution in [0.3, 0.4) is 0 Å². The number of ether oxygens (including phenoxy) is 7. The highest BCUT2D eigenvalue weighted by molar-refractivity contribution is 9.10. The van der Waals surface area contributed by atoms with Gasteiger partial charge in [-0.3, -0.25) is 0 Å². The molecule has 0 saturated carbocycles. The van der Waals surface area contributed by atoms with E-state index in [9.17, 15) is 0 Å². The molecule has 1 atom stereocenters. The third-order valence-electron chi connectivity index (χ3n) is 4.59. The maximum atomic E-state index is 5.79. The maximum absolute atomic E-state index is 5.79. The Hall–Kier alpha value is -0.900. The standard InChI is InChI=1S/C21H33BrO7/c1-4-16-17(8-10-25-11-12-27-20-7-5-6-9-26-20)21(22)19(29-15-24-3)13-18(16)28-14-23-2/h13,20H,4-12,14-15H2,1-3H3. The van der Waals surface area contributed by atoms with Gasteiger partial charge in [0.2, 0.25) is 0 Å². The second-order valence-corrected chi connectivity index (χ2v) is 7.42. The van der Waals surface area contributed by atoms with E-state index in [2.05, 4.69) is 22.9 Å². The van der Waals surface area contributed by atoms with Crippen LogP contribution in [0.15, 0.2) is 10.5 Å². The van der Waals surface area contributed by atoms with Crippen molar-refractivity contribution in [3.05, 3.63) is 21.7 Å². The van der Waals surface area contributed by atoms with Gasteiger partial charge in [-0.2, -0.15) is 0 Å². The van der Waals surface area contributed by atoms with Crippen LogP contribution in [0.4, 0.5) is 0 Å². The van der Waals surface area contributed by atoms with E-state index in [1.165, 1.54) is 0 Å². The van der Waals surface area contributed by atoms with Gasteiger partial charge >= 0.3 is 0 Å². The van der Waals surface area contributed by atoms with Crippen LogP contribution in [-0.2, 0) is 36.5 Å². The number of halogens is 1. The molecule has 0 bridgehead atoms. The molecular weight excluding hydrogens is 444 g/mol. The van der Waals surface area contributed by atoms with Crippen LogP contribution in [0.5, 0.6) is 11.5 Å². The van der Waals surface area contributed by atoms with Crippen molar-refractivity contribution in [1.82, 2.24) is 0 Å². The second kappa shape index (κ2) is 14.2. The topological polar surface area (TPSA) is 64.6 Å². The molecule has 2 rings (SSSR count). The molecule has 0 aromatic heterocycles. The Morgan fingerprint density at radius 3 is 2.41 bits per heavy atom. The lowest BCUT2D eigenvalue weighted by Gasteiger charge is -2.22. The normalized spacial score (nSPS) is 16.8. The molecule has 1 aliphatic heterocycles.